The number of carbonyl (C=O) groups is 2. The van der Waals surface area contributed by atoms with Crippen LogP contribution in [-0.2, 0) is 11.2 Å². The Morgan fingerprint density at radius 1 is 1.20 bits per heavy atom. The minimum absolute atomic E-state index is 0.0941. The Morgan fingerprint density at radius 2 is 1.85 bits per heavy atom. The fourth-order valence-electron chi connectivity index (χ4n) is 1.71. The minimum atomic E-state index is -1.28. The van der Waals surface area contributed by atoms with Gasteiger partial charge in [-0.15, -0.1) is 0 Å². The molecule has 0 saturated heterocycles. The highest BCUT2D eigenvalue weighted by molar-refractivity contribution is 5.82. The van der Waals surface area contributed by atoms with Gasteiger partial charge in [0.2, 0.25) is 0 Å². The van der Waals surface area contributed by atoms with Crippen LogP contribution in [0.15, 0.2) is 30.3 Å². The summed E-state index contributed by atoms with van der Waals surface area (Å²) in [6.07, 6.45) is 1.57. The number of carboxylic acid groups (broad SMARTS) is 1. The number of carboxylic acids is 1. The molecule has 1 unspecified atom stereocenters. The molecule has 0 heterocycles. The van der Waals surface area contributed by atoms with E-state index in [0.29, 0.717) is 0 Å². The number of rotatable bonds is 7. The Bertz CT molecular complexity index is 436. The lowest BCUT2D eigenvalue weighted by atomic mass is 10.1. The Morgan fingerprint density at radius 3 is 2.40 bits per heavy atom. The van der Waals surface area contributed by atoms with Crippen LogP contribution in [0.3, 0.4) is 0 Å². The first-order valence-electron chi connectivity index (χ1n) is 6.47. The molecule has 2 amide bonds. The van der Waals surface area contributed by atoms with Crippen molar-refractivity contribution in [3.05, 3.63) is 35.9 Å². The zero-order valence-corrected chi connectivity index (χ0v) is 11.4. The number of aliphatic carboxylic acids is 1. The van der Waals surface area contributed by atoms with Crippen LogP contribution in [-0.4, -0.2) is 40.9 Å². The van der Waals surface area contributed by atoms with Gasteiger partial charge >= 0.3 is 12.0 Å². The van der Waals surface area contributed by atoms with Crippen molar-refractivity contribution in [1.29, 1.82) is 0 Å². The molecule has 0 aliphatic rings. The number of carbonyl (C=O) groups excluding carboxylic acids is 1. The molecular weight excluding hydrogens is 260 g/mol. The minimum Gasteiger partial charge on any atom is -0.480 e. The number of aliphatic hydroxyl groups excluding tert-OH is 1. The first kappa shape index (κ1) is 16.0. The summed E-state index contributed by atoms with van der Waals surface area (Å²) in [5.74, 6) is -1.26. The lowest BCUT2D eigenvalue weighted by molar-refractivity contribution is -0.140. The van der Waals surface area contributed by atoms with E-state index in [-0.39, 0.29) is 6.04 Å². The first-order valence-corrected chi connectivity index (χ1v) is 6.47. The largest absolute Gasteiger partial charge is 0.480 e. The lowest BCUT2D eigenvalue weighted by Crippen LogP contribution is -2.50. The van der Waals surface area contributed by atoms with Crippen molar-refractivity contribution < 1.29 is 19.8 Å². The molecule has 6 heteroatoms. The monoisotopic (exact) mass is 280 g/mol. The molecule has 4 N–H and O–H groups in total. The van der Waals surface area contributed by atoms with Crippen molar-refractivity contribution in [3.8, 4) is 0 Å². The molecule has 0 aliphatic heterocycles. The molecule has 0 spiro atoms. The average molecular weight is 280 g/mol. The third-order valence-electron chi connectivity index (χ3n) is 2.87. The quantitative estimate of drug-likeness (QED) is 0.592. The van der Waals surface area contributed by atoms with E-state index in [1.54, 1.807) is 0 Å². The van der Waals surface area contributed by atoms with Gasteiger partial charge in [0.15, 0.2) is 6.04 Å². The Labute approximate surface area is 117 Å². The molecule has 2 atom stereocenters. The summed E-state index contributed by atoms with van der Waals surface area (Å²) in [6.45, 7) is 1.21. The standard InChI is InChI=1S/C14H20N2O4/c1-10(7-8-11-5-3-2-4-6-11)15-14(20)16-12(9-17)13(18)19/h2-6,10,12,17H,7-9H2,1H3,(H,18,19)(H2,15,16,20)/t10?,12-/m0/s1. The number of hydrogen-bond donors (Lipinski definition) is 4. The van der Waals surface area contributed by atoms with Crippen molar-refractivity contribution in [2.45, 2.75) is 31.8 Å². The summed E-state index contributed by atoms with van der Waals surface area (Å²) < 4.78 is 0. The highest BCUT2D eigenvalue weighted by Gasteiger charge is 2.19. The molecule has 6 nitrogen and oxygen atoms in total. The van der Waals surface area contributed by atoms with Crippen molar-refractivity contribution >= 4 is 12.0 Å². The normalized spacial score (nSPS) is 13.3. The van der Waals surface area contributed by atoms with Gasteiger partial charge in [-0.2, -0.15) is 0 Å². The third-order valence-corrected chi connectivity index (χ3v) is 2.87. The molecule has 1 rings (SSSR count). The smallest absolute Gasteiger partial charge is 0.328 e. The van der Waals surface area contributed by atoms with Gasteiger partial charge in [-0.3, -0.25) is 0 Å². The fourth-order valence-corrected chi connectivity index (χ4v) is 1.71. The van der Waals surface area contributed by atoms with Gasteiger partial charge in [-0.25, -0.2) is 9.59 Å². The number of urea groups is 1. The molecule has 0 saturated carbocycles. The number of benzene rings is 1. The van der Waals surface area contributed by atoms with Crippen LogP contribution in [0.5, 0.6) is 0 Å². The SMILES string of the molecule is CC(CCc1ccccc1)NC(=O)N[C@@H](CO)C(=O)O. The van der Waals surface area contributed by atoms with Crippen molar-refractivity contribution in [1.82, 2.24) is 10.6 Å². The predicted octanol–water partition coefficient (Wildman–Crippen LogP) is 0.752. The lowest BCUT2D eigenvalue weighted by Gasteiger charge is -2.17. The molecular formula is C14H20N2O4. The second-order valence-electron chi connectivity index (χ2n) is 4.62. The van der Waals surface area contributed by atoms with Gasteiger partial charge < -0.3 is 20.8 Å². The van der Waals surface area contributed by atoms with E-state index in [1.165, 1.54) is 5.56 Å². The maximum atomic E-state index is 11.5. The molecule has 110 valence electrons. The zero-order valence-electron chi connectivity index (χ0n) is 11.4. The summed E-state index contributed by atoms with van der Waals surface area (Å²) in [4.78, 5) is 22.2. The van der Waals surface area contributed by atoms with Crippen molar-refractivity contribution in [3.63, 3.8) is 0 Å². The number of aryl methyl sites for hydroxylation is 1. The first-order chi connectivity index (χ1) is 9.52. The van der Waals surface area contributed by atoms with Crippen LogP contribution in [0.1, 0.15) is 18.9 Å². The van der Waals surface area contributed by atoms with E-state index in [2.05, 4.69) is 10.6 Å². The summed E-state index contributed by atoms with van der Waals surface area (Å²) in [5, 5.41) is 22.4. The molecule has 0 radical (unpaired) electrons. The second kappa shape index (κ2) is 8.16. The van der Waals surface area contributed by atoms with E-state index in [1.807, 2.05) is 37.3 Å². The highest BCUT2D eigenvalue weighted by atomic mass is 16.4. The maximum Gasteiger partial charge on any atom is 0.328 e. The Hall–Kier alpha value is -2.08. The van der Waals surface area contributed by atoms with Crippen LogP contribution in [0.25, 0.3) is 0 Å². The Kier molecular flexibility index (Phi) is 6.52. The highest BCUT2D eigenvalue weighted by Crippen LogP contribution is 2.04. The van der Waals surface area contributed by atoms with Crippen LogP contribution in [0.4, 0.5) is 4.79 Å². The third kappa shape index (κ3) is 5.71. The predicted molar refractivity (Wildman–Crippen MR) is 74.4 cm³/mol. The van der Waals surface area contributed by atoms with E-state index in [0.717, 1.165) is 12.8 Å². The molecule has 0 fully saturated rings. The van der Waals surface area contributed by atoms with Gasteiger partial charge in [0, 0.05) is 6.04 Å². The number of amides is 2. The zero-order chi connectivity index (χ0) is 15.0. The summed E-state index contributed by atoms with van der Waals surface area (Å²) in [7, 11) is 0. The van der Waals surface area contributed by atoms with E-state index in [9.17, 15) is 9.59 Å². The molecule has 1 aromatic rings. The molecule has 0 aromatic heterocycles. The van der Waals surface area contributed by atoms with Gasteiger partial charge in [0.05, 0.1) is 6.61 Å². The van der Waals surface area contributed by atoms with E-state index in [4.69, 9.17) is 10.2 Å². The average Bonchev–Trinajstić information content (AvgIpc) is 2.43. The molecule has 20 heavy (non-hydrogen) atoms. The second-order valence-corrected chi connectivity index (χ2v) is 4.62. The van der Waals surface area contributed by atoms with Gasteiger partial charge in [-0.1, -0.05) is 30.3 Å². The number of hydrogen-bond acceptors (Lipinski definition) is 3. The number of aliphatic hydroxyl groups is 1. The Balaban J connectivity index is 2.32. The topological polar surface area (TPSA) is 98.7 Å². The van der Waals surface area contributed by atoms with Crippen LogP contribution >= 0.6 is 0 Å². The van der Waals surface area contributed by atoms with Crippen LogP contribution in [0, 0.1) is 0 Å². The van der Waals surface area contributed by atoms with Crippen LogP contribution in [0.2, 0.25) is 0 Å². The van der Waals surface area contributed by atoms with Crippen molar-refractivity contribution in [2.75, 3.05) is 6.61 Å². The molecule has 0 bridgehead atoms. The molecule has 0 aliphatic carbocycles. The maximum absolute atomic E-state index is 11.5. The van der Waals surface area contributed by atoms with Gasteiger partial charge in [0.1, 0.15) is 0 Å². The van der Waals surface area contributed by atoms with Gasteiger partial charge in [-0.05, 0) is 25.3 Å². The van der Waals surface area contributed by atoms with Crippen molar-refractivity contribution in [2.24, 2.45) is 0 Å². The summed E-state index contributed by atoms with van der Waals surface area (Å²) in [5.41, 5.74) is 1.18. The van der Waals surface area contributed by atoms with Gasteiger partial charge in [0.25, 0.3) is 0 Å². The van der Waals surface area contributed by atoms with Crippen LogP contribution < -0.4 is 10.6 Å². The summed E-state index contributed by atoms with van der Waals surface area (Å²) in [6, 6.07) is 7.92. The summed E-state index contributed by atoms with van der Waals surface area (Å²) >= 11 is 0. The fraction of sp³-hybridized carbons (Fsp3) is 0.429. The molecule has 1 aromatic carbocycles. The van der Waals surface area contributed by atoms with E-state index < -0.39 is 24.6 Å². The number of nitrogens with one attached hydrogen (secondary N) is 2. The van der Waals surface area contributed by atoms with E-state index >= 15 is 0 Å².